The second kappa shape index (κ2) is 9.68. The van der Waals surface area contributed by atoms with Crippen LogP contribution in [0.25, 0.3) is 0 Å². The molecule has 0 radical (unpaired) electrons. The van der Waals surface area contributed by atoms with Crippen LogP contribution in [-0.2, 0) is 24.4 Å². The van der Waals surface area contributed by atoms with Crippen molar-refractivity contribution in [2.45, 2.75) is 44.7 Å². The summed E-state index contributed by atoms with van der Waals surface area (Å²) in [6.45, 7) is 3.46. The van der Waals surface area contributed by atoms with E-state index in [0.29, 0.717) is 19.7 Å². The predicted octanol–water partition coefficient (Wildman–Crippen LogP) is 3.47. The van der Waals surface area contributed by atoms with Gasteiger partial charge in [-0.25, -0.2) is 13.9 Å². The van der Waals surface area contributed by atoms with Crippen LogP contribution in [0.3, 0.4) is 0 Å². The molecule has 1 saturated heterocycles. The van der Waals surface area contributed by atoms with Gasteiger partial charge in [-0.2, -0.15) is 0 Å². The van der Waals surface area contributed by atoms with Gasteiger partial charge in [0.25, 0.3) is 0 Å². The molecule has 2 aliphatic heterocycles. The van der Waals surface area contributed by atoms with Crippen LogP contribution in [0.15, 0.2) is 54.6 Å². The Hall–Kier alpha value is -3.30. The Kier molecular flexibility index (Phi) is 6.32. The van der Waals surface area contributed by atoms with E-state index in [1.54, 1.807) is 12.1 Å². The van der Waals surface area contributed by atoms with Crippen molar-refractivity contribution < 1.29 is 13.9 Å². The number of rotatable bonds is 5. The van der Waals surface area contributed by atoms with Gasteiger partial charge in [0.1, 0.15) is 17.6 Å². The minimum Gasteiger partial charge on any atom is -0.365 e. The van der Waals surface area contributed by atoms with Gasteiger partial charge in [0.2, 0.25) is 0 Å². The van der Waals surface area contributed by atoms with Crippen LogP contribution >= 0.6 is 0 Å². The van der Waals surface area contributed by atoms with E-state index in [1.807, 2.05) is 35.0 Å². The zero-order valence-electron chi connectivity index (χ0n) is 18.3. The van der Waals surface area contributed by atoms with Crippen molar-refractivity contribution >= 4 is 11.7 Å². The highest BCUT2D eigenvalue weighted by Crippen LogP contribution is 2.27. The fourth-order valence-corrected chi connectivity index (χ4v) is 4.39. The largest absolute Gasteiger partial charge is 0.365 e. The maximum Gasteiger partial charge on any atom is 0.319 e. The maximum absolute atomic E-state index is 13.2. The summed E-state index contributed by atoms with van der Waals surface area (Å²) in [7, 11) is 0. The number of piperidine rings is 1. The molecule has 1 unspecified atom stereocenters. The third-order valence-corrected chi connectivity index (χ3v) is 6.25. The molecular formula is C24H27FN6O2. The molecule has 2 N–H and O–H groups in total. The van der Waals surface area contributed by atoms with Gasteiger partial charge in [-0.3, -0.25) is 4.90 Å². The van der Waals surface area contributed by atoms with E-state index in [2.05, 4.69) is 25.8 Å². The van der Waals surface area contributed by atoms with E-state index in [0.717, 1.165) is 48.6 Å². The number of hydrogen-bond donors (Lipinski definition) is 2. The van der Waals surface area contributed by atoms with Crippen LogP contribution < -0.4 is 10.6 Å². The number of ether oxygens (including phenoxy) is 1. The highest BCUT2D eigenvalue weighted by molar-refractivity contribution is 5.89. The first-order valence-corrected chi connectivity index (χ1v) is 11.3. The minimum atomic E-state index is -0.255. The number of amides is 2. The predicted molar refractivity (Wildman–Crippen MR) is 121 cm³/mol. The molecule has 0 aliphatic carbocycles. The molecule has 2 amide bonds. The second-order valence-corrected chi connectivity index (χ2v) is 8.53. The second-order valence-electron chi connectivity index (χ2n) is 8.53. The number of hydrogen-bond acceptors (Lipinski definition) is 5. The number of carbonyl (C=O) groups excluding carboxylic acids is 1. The summed E-state index contributed by atoms with van der Waals surface area (Å²) in [4.78, 5) is 14.6. The van der Waals surface area contributed by atoms with E-state index in [9.17, 15) is 9.18 Å². The number of benzene rings is 2. The Bertz CT molecular complexity index is 1080. The SMILES string of the molecule is O=C(Nc1ccccc1)NC1CCN(Cc2nnn3c2COC(c2ccc(F)cc2)C3)CC1. The summed E-state index contributed by atoms with van der Waals surface area (Å²) < 4.78 is 21.1. The van der Waals surface area contributed by atoms with Crippen molar-refractivity contribution in [3.63, 3.8) is 0 Å². The molecule has 172 valence electrons. The molecule has 1 fully saturated rings. The molecular weight excluding hydrogens is 423 g/mol. The number of fused-ring (bicyclic) bond motifs is 1. The van der Waals surface area contributed by atoms with E-state index in [4.69, 9.17) is 4.74 Å². The topological polar surface area (TPSA) is 84.3 Å². The molecule has 3 heterocycles. The average Bonchev–Trinajstić information content (AvgIpc) is 3.23. The molecule has 0 spiro atoms. The summed E-state index contributed by atoms with van der Waals surface area (Å²) in [5.74, 6) is -0.255. The number of anilines is 1. The first-order chi connectivity index (χ1) is 16.1. The standard InChI is InChI=1S/C24H27FN6O2/c25-18-8-6-17(7-9-18)23-15-31-22(16-33-23)21(28-29-31)14-30-12-10-20(11-13-30)27-24(32)26-19-4-2-1-3-5-19/h1-9,20,23H,10-16H2,(H2,26,27,32). The van der Waals surface area contributed by atoms with Crippen molar-refractivity contribution in [3.05, 3.63) is 77.4 Å². The van der Waals surface area contributed by atoms with Crippen molar-refractivity contribution in [1.29, 1.82) is 0 Å². The molecule has 0 saturated carbocycles. The van der Waals surface area contributed by atoms with Crippen molar-refractivity contribution in [1.82, 2.24) is 25.2 Å². The summed E-state index contributed by atoms with van der Waals surface area (Å²) in [6.07, 6.45) is 1.61. The molecule has 5 rings (SSSR count). The van der Waals surface area contributed by atoms with Crippen molar-refractivity contribution in [2.24, 2.45) is 0 Å². The van der Waals surface area contributed by atoms with Crippen LogP contribution in [0.2, 0.25) is 0 Å². The third kappa shape index (κ3) is 5.20. The first kappa shape index (κ1) is 21.5. The molecule has 2 aromatic carbocycles. The van der Waals surface area contributed by atoms with Crippen molar-refractivity contribution in [3.8, 4) is 0 Å². The summed E-state index contributed by atoms with van der Waals surface area (Å²) in [5.41, 5.74) is 3.65. The summed E-state index contributed by atoms with van der Waals surface area (Å²) in [6, 6.07) is 15.8. The van der Waals surface area contributed by atoms with Gasteiger partial charge < -0.3 is 15.4 Å². The number of para-hydroxylation sites is 1. The third-order valence-electron chi connectivity index (χ3n) is 6.25. The Morgan fingerprint density at radius 2 is 1.85 bits per heavy atom. The number of nitrogens with one attached hydrogen (secondary N) is 2. The molecule has 1 aromatic heterocycles. The van der Waals surface area contributed by atoms with Gasteiger partial charge in [-0.15, -0.1) is 5.10 Å². The highest BCUT2D eigenvalue weighted by atomic mass is 19.1. The highest BCUT2D eigenvalue weighted by Gasteiger charge is 2.27. The van der Waals surface area contributed by atoms with Crippen LogP contribution in [0.4, 0.5) is 14.9 Å². The zero-order chi connectivity index (χ0) is 22.6. The molecule has 2 aliphatic rings. The fourth-order valence-electron chi connectivity index (χ4n) is 4.39. The molecule has 0 bridgehead atoms. The number of likely N-dealkylation sites (tertiary alicyclic amines) is 1. The van der Waals surface area contributed by atoms with Crippen LogP contribution in [-0.4, -0.2) is 45.1 Å². The first-order valence-electron chi connectivity index (χ1n) is 11.3. The number of halogens is 1. The monoisotopic (exact) mass is 450 g/mol. The molecule has 8 nitrogen and oxygen atoms in total. The maximum atomic E-state index is 13.2. The molecule has 33 heavy (non-hydrogen) atoms. The molecule has 9 heteroatoms. The Morgan fingerprint density at radius 3 is 2.61 bits per heavy atom. The smallest absolute Gasteiger partial charge is 0.319 e. The zero-order valence-corrected chi connectivity index (χ0v) is 18.3. The van der Waals surface area contributed by atoms with E-state index >= 15 is 0 Å². The Balaban J connectivity index is 1.11. The number of nitrogens with zero attached hydrogens (tertiary/aromatic N) is 4. The van der Waals surface area contributed by atoms with Crippen LogP contribution in [0.5, 0.6) is 0 Å². The minimum absolute atomic E-state index is 0.152. The lowest BCUT2D eigenvalue weighted by Gasteiger charge is -2.32. The van der Waals surface area contributed by atoms with Gasteiger partial charge >= 0.3 is 6.03 Å². The van der Waals surface area contributed by atoms with Gasteiger partial charge in [-0.05, 0) is 42.7 Å². The van der Waals surface area contributed by atoms with Crippen LogP contribution in [0.1, 0.15) is 35.9 Å². The summed E-state index contributed by atoms with van der Waals surface area (Å²) in [5, 5.41) is 14.7. The van der Waals surface area contributed by atoms with Crippen LogP contribution in [0, 0.1) is 5.82 Å². The van der Waals surface area contributed by atoms with Gasteiger partial charge in [0.05, 0.1) is 18.8 Å². The van der Waals surface area contributed by atoms with E-state index in [1.165, 1.54) is 12.1 Å². The lowest BCUT2D eigenvalue weighted by Crippen LogP contribution is -2.45. The molecule has 1 atom stereocenters. The van der Waals surface area contributed by atoms with E-state index in [-0.39, 0.29) is 24.0 Å². The lowest BCUT2D eigenvalue weighted by molar-refractivity contribution is -0.00219. The number of carbonyl (C=O) groups is 1. The summed E-state index contributed by atoms with van der Waals surface area (Å²) >= 11 is 0. The Labute approximate surface area is 191 Å². The van der Waals surface area contributed by atoms with Crippen molar-refractivity contribution in [2.75, 3.05) is 18.4 Å². The van der Waals surface area contributed by atoms with Gasteiger partial charge in [0, 0.05) is 31.4 Å². The fraction of sp³-hybridized carbons (Fsp3) is 0.375. The lowest BCUT2D eigenvalue weighted by atomic mass is 10.0. The normalized spacial score (nSPS) is 19.1. The number of aromatic nitrogens is 3. The van der Waals surface area contributed by atoms with Gasteiger partial charge in [-0.1, -0.05) is 35.5 Å². The molecule has 3 aromatic rings. The quantitative estimate of drug-likeness (QED) is 0.622. The number of urea groups is 1. The van der Waals surface area contributed by atoms with E-state index < -0.39 is 0 Å². The Morgan fingerprint density at radius 1 is 1.09 bits per heavy atom. The average molecular weight is 451 g/mol. The van der Waals surface area contributed by atoms with Gasteiger partial charge in [0.15, 0.2) is 0 Å².